The second-order valence-corrected chi connectivity index (χ2v) is 3.85. The van der Waals surface area contributed by atoms with Gasteiger partial charge in [-0.1, -0.05) is 0 Å². The lowest BCUT2D eigenvalue weighted by Crippen LogP contribution is -2.11. The third kappa shape index (κ3) is 2.71. The van der Waals surface area contributed by atoms with Crippen molar-refractivity contribution in [1.82, 2.24) is 0 Å². The zero-order valence-corrected chi connectivity index (χ0v) is 9.91. The number of furan rings is 1. The van der Waals surface area contributed by atoms with Gasteiger partial charge in [-0.2, -0.15) is 0 Å². The van der Waals surface area contributed by atoms with E-state index in [1.54, 1.807) is 6.92 Å². The summed E-state index contributed by atoms with van der Waals surface area (Å²) in [5.41, 5.74) is 1.15. The van der Waals surface area contributed by atoms with Gasteiger partial charge < -0.3 is 14.8 Å². The number of phenols is 1. The van der Waals surface area contributed by atoms with Gasteiger partial charge in [-0.05, 0) is 36.8 Å². The Morgan fingerprint density at radius 3 is 2.68 bits per heavy atom. The Morgan fingerprint density at radius 1 is 1.37 bits per heavy atom. The SMILES string of the molecule is Cc1cc(O)ccc1NC(=O)c1ccc([N+](=O)[O-])o1. The van der Waals surface area contributed by atoms with E-state index in [9.17, 15) is 20.0 Å². The fourth-order valence-electron chi connectivity index (χ4n) is 1.52. The van der Waals surface area contributed by atoms with Crippen molar-refractivity contribution in [1.29, 1.82) is 0 Å². The molecule has 1 aromatic heterocycles. The first-order chi connectivity index (χ1) is 8.97. The number of phenolic OH excluding ortho intramolecular Hbond substituents is 1. The minimum absolute atomic E-state index is 0.0872. The standard InChI is InChI=1S/C12H10N2O5/c1-7-6-8(15)2-3-9(7)13-12(16)10-4-5-11(19-10)14(17)18/h2-6,15H,1H3,(H,13,16). The van der Waals surface area contributed by atoms with Gasteiger partial charge in [0.2, 0.25) is 0 Å². The van der Waals surface area contributed by atoms with Crippen molar-refractivity contribution in [2.45, 2.75) is 6.92 Å². The molecule has 19 heavy (non-hydrogen) atoms. The summed E-state index contributed by atoms with van der Waals surface area (Å²) in [7, 11) is 0. The van der Waals surface area contributed by atoms with E-state index in [1.807, 2.05) is 0 Å². The van der Waals surface area contributed by atoms with Crippen LogP contribution in [0.15, 0.2) is 34.7 Å². The molecule has 0 unspecified atom stereocenters. The number of nitrogens with zero attached hydrogens (tertiary/aromatic N) is 1. The van der Waals surface area contributed by atoms with E-state index >= 15 is 0 Å². The number of carbonyl (C=O) groups is 1. The lowest BCUT2D eigenvalue weighted by molar-refractivity contribution is -0.402. The predicted molar refractivity (Wildman–Crippen MR) is 66.2 cm³/mol. The molecule has 2 N–H and O–H groups in total. The molecule has 0 spiro atoms. The molecule has 7 heteroatoms. The zero-order chi connectivity index (χ0) is 14.0. The fraction of sp³-hybridized carbons (Fsp3) is 0.0833. The average molecular weight is 262 g/mol. The lowest BCUT2D eigenvalue weighted by Gasteiger charge is -2.06. The van der Waals surface area contributed by atoms with Crippen molar-refractivity contribution in [2.75, 3.05) is 5.32 Å². The molecule has 1 aromatic carbocycles. The highest BCUT2D eigenvalue weighted by molar-refractivity contribution is 6.02. The molecule has 0 bridgehead atoms. The summed E-state index contributed by atoms with van der Waals surface area (Å²) < 4.78 is 4.78. The molecule has 0 atom stereocenters. The summed E-state index contributed by atoms with van der Waals surface area (Å²) in [5.74, 6) is -1.15. The number of amides is 1. The number of nitro groups is 1. The van der Waals surface area contributed by atoms with E-state index in [4.69, 9.17) is 4.42 Å². The van der Waals surface area contributed by atoms with Crippen LogP contribution in [-0.4, -0.2) is 15.9 Å². The Morgan fingerprint density at radius 2 is 2.11 bits per heavy atom. The van der Waals surface area contributed by atoms with Gasteiger partial charge in [0, 0.05) is 5.69 Å². The first-order valence-electron chi connectivity index (χ1n) is 5.32. The van der Waals surface area contributed by atoms with Gasteiger partial charge >= 0.3 is 5.88 Å². The molecule has 0 aliphatic rings. The van der Waals surface area contributed by atoms with Gasteiger partial charge in [0.05, 0.1) is 6.07 Å². The first-order valence-corrected chi connectivity index (χ1v) is 5.32. The molecule has 2 aromatic rings. The van der Waals surface area contributed by atoms with Crippen molar-refractivity contribution >= 4 is 17.5 Å². The van der Waals surface area contributed by atoms with Crippen LogP contribution in [0.5, 0.6) is 5.75 Å². The molecule has 0 fully saturated rings. The number of rotatable bonds is 3. The van der Waals surface area contributed by atoms with Crippen LogP contribution >= 0.6 is 0 Å². The van der Waals surface area contributed by atoms with E-state index < -0.39 is 16.7 Å². The summed E-state index contributed by atoms with van der Waals surface area (Å²) >= 11 is 0. The number of aromatic hydroxyl groups is 1. The Kier molecular flexibility index (Phi) is 3.19. The third-order valence-corrected chi connectivity index (χ3v) is 2.45. The molecule has 7 nitrogen and oxygen atoms in total. The van der Waals surface area contributed by atoms with Crippen molar-refractivity contribution < 1.29 is 19.2 Å². The average Bonchev–Trinajstić information content (AvgIpc) is 2.82. The van der Waals surface area contributed by atoms with Crippen LogP contribution in [0, 0.1) is 17.0 Å². The molecule has 0 radical (unpaired) electrons. The number of carbonyl (C=O) groups excluding carboxylic acids is 1. The van der Waals surface area contributed by atoms with Crippen LogP contribution in [-0.2, 0) is 0 Å². The summed E-state index contributed by atoms with van der Waals surface area (Å²) in [4.78, 5) is 21.5. The molecule has 0 aliphatic heterocycles. The quantitative estimate of drug-likeness (QED) is 0.502. The summed E-state index contributed by atoms with van der Waals surface area (Å²) in [6.07, 6.45) is 0. The Labute approximate surface area is 107 Å². The number of nitrogens with one attached hydrogen (secondary N) is 1. The molecule has 1 heterocycles. The Bertz CT molecular complexity index is 647. The molecule has 0 saturated carbocycles. The van der Waals surface area contributed by atoms with Gasteiger partial charge in [-0.3, -0.25) is 14.9 Å². The monoisotopic (exact) mass is 262 g/mol. The fourth-order valence-corrected chi connectivity index (χ4v) is 1.52. The van der Waals surface area contributed by atoms with Gasteiger partial charge in [0.25, 0.3) is 5.91 Å². The van der Waals surface area contributed by atoms with Crippen LogP contribution in [0.4, 0.5) is 11.6 Å². The van der Waals surface area contributed by atoms with Crippen molar-refractivity contribution in [3.05, 3.63) is 51.8 Å². The maximum atomic E-state index is 11.8. The molecule has 2 rings (SSSR count). The molecular formula is C12H10N2O5. The van der Waals surface area contributed by atoms with E-state index in [0.717, 1.165) is 6.07 Å². The number of benzene rings is 1. The summed E-state index contributed by atoms with van der Waals surface area (Å²) in [6, 6.07) is 6.77. The van der Waals surface area contributed by atoms with E-state index in [1.165, 1.54) is 24.3 Å². The molecule has 1 amide bonds. The van der Waals surface area contributed by atoms with Crippen LogP contribution in [0.1, 0.15) is 16.1 Å². The van der Waals surface area contributed by atoms with Gasteiger partial charge in [-0.15, -0.1) is 0 Å². The number of hydrogen-bond acceptors (Lipinski definition) is 5. The Balaban J connectivity index is 2.18. The Hall–Kier alpha value is -2.83. The highest BCUT2D eigenvalue weighted by Gasteiger charge is 2.17. The van der Waals surface area contributed by atoms with E-state index in [-0.39, 0.29) is 11.5 Å². The lowest BCUT2D eigenvalue weighted by atomic mass is 10.2. The van der Waals surface area contributed by atoms with Crippen LogP contribution < -0.4 is 5.32 Å². The third-order valence-electron chi connectivity index (χ3n) is 2.45. The second kappa shape index (κ2) is 4.81. The molecular weight excluding hydrogens is 252 g/mol. The van der Waals surface area contributed by atoms with Gasteiger partial charge in [0.15, 0.2) is 5.76 Å². The predicted octanol–water partition coefficient (Wildman–Crippen LogP) is 2.45. The highest BCUT2D eigenvalue weighted by Crippen LogP contribution is 2.22. The first kappa shape index (κ1) is 12.6. The minimum atomic E-state index is -0.720. The number of aryl methyl sites for hydroxylation is 1. The topological polar surface area (TPSA) is 106 Å². The van der Waals surface area contributed by atoms with Gasteiger partial charge in [0.1, 0.15) is 10.7 Å². The largest absolute Gasteiger partial charge is 0.508 e. The highest BCUT2D eigenvalue weighted by atomic mass is 16.6. The minimum Gasteiger partial charge on any atom is -0.508 e. The van der Waals surface area contributed by atoms with E-state index in [0.29, 0.717) is 11.3 Å². The van der Waals surface area contributed by atoms with Crippen molar-refractivity contribution in [3.8, 4) is 5.75 Å². The zero-order valence-electron chi connectivity index (χ0n) is 9.91. The van der Waals surface area contributed by atoms with Crippen LogP contribution in [0.2, 0.25) is 0 Å². The maximum Gasteiger partial charge on any atom is 0.433 e. The summed E-state index contributed by atoms with van der Waals surface area (Å²) in [5, 5.41) is 22.2. The van der Waals surface area contributed by atoms with Crippen molar-refractivity contribution in [3.63, 3.8) is 0 Å². The molecule has 0 aliphatic carbocycles. The number of hydrogen-bond donors (Lipinski definition) is 2. The van der Waals surface area contributed by atoms with Crippen LogP contribution in [0.25, 0.3) is 0 Å². The smallest absolute Gasteiger partial charge is 0.433 e. The normalized spacial score (nSPS) is 10.2. The van der Waals surface area contributed by atoms with Crippen LogP contribution in [0.3, 0.4) is 0 Å². The number of anilines is 1. The maximum absolute atomic E-state index is 11.8. The van der Waals surface area contributed by atoms with Gasteiger partial charge in [-0.25, -0.2) is 0 Å². The van der Waals surface area contributed by atoms with E-state index in [2.05, 4.69) is 5.32 Å². The summed E-state index contributed by atoms with van der Waals surface area (Å²) in [6.45, 7) is 1.71. The second-order valence-electron chi connectivity index (χ2n) is 3.85. The molecule has 0 saturated heterocycles. The molecule has 98 valence electrons. The van der Waals surface area contributed by atoms with Crippen molar-refractivity contribution in [2.24, 2.45) is 0 Å².